The molecule has 1 aromatic heterocycles. The molecule has 5 rings (SSSR count). The molecule has 0 bridgehead atoms. The highest BCUT2D eigenvalue weighted by Gasteiger charge is 2.24. The fourth-order valence-corrected chi connectivity index (χ4v) is 3.69. The number of halogens is 1. The van der Waals surface area contributed by atoms with E-state index >= 15 is 0 Å². The number of azo groups is 1. The van der Waals surface area contributed by atoms with Crippen molar-refractivity contribution < 1.29 is 9.66 Å². The molecule has 2 heterocycles. The van der Waals surface area contributed by atoms with Crippen molar-refractivity contribution in [2.45, 2.75) is 12.6 Å². The molecule has 1 saturated heterocycles. The number of non-ortho nitro benzene ring substituents is 1. The largest absolute Gasteiger partial charge is 0.371 e. The first-order valence-electron chi connectivity index (χ1n) is 9.08. The van der Waals surface area contributed by atoms with E-state index in [4.69, 9.17) is 16.3 Å². The number of rotatable bonds is 5. The van der Waals surface area contributed by atoms with Crippen LogP contribution in [0.1, 0.15) is 0 Å². The number of nitro benzene ring substituents is 1. The fourth-order valence-electron chi connectivity index (χ4n) is 3.48. The first kappa shape index (κ1) is 17.8. The second-order valence-electron chi connectivity index (χ2n) is 6.88. The fraction of sp³-hybridized carbons (Fsp3) is 0.143. The second-order valence-corrected chi connectivity index (χ2v) is 7.28. The Hall–Kier alpha value is -3.29. The molecule has 0 radical (unpaired) electrons. The van der Waals surface area contributed by atoms with Gasteiger partial charge >= 0.3 is 0 Å². The number of nitro groups is 1. The van der Waals surface area contributed by atoms with Gasteiger partial charge in [-0.15, -0.1) is 5.11 Å². The van der Waals surface area contributed by atoms with Gasteiger partial charge in [0.2, 0.25) is 0 Å². The summed E-state index contributed by atoms with van der Waals surface area (Å²) in [4.78, 5) is 10.3. The summed E-state index contributed by atoms with van der Waals surface area (Å²) in [5.74, 6) is 0. The molecule has 0 aliphatic carbocycles. The predicted molar refractivity (Wildman–Crippen MR) is 111 cm³/mol. The summed E-state index contributed by atoms with van der Waals surface area (Å²) >= 11 is 6.10. The van der Waals surface area contributed by atoms with Crippen molar-refractivity contribution in [1.82, 2.24) is 4.57 Å². The summed E-state index contributed by atoms with van der Waals surface area (Å²) < 4.78 is 7.69. The highest BCUT2D eigenvalue weighted by Crippen LogP contribution is 2.34. The molecule has 1 unspecified atom stereocenters. The minimum absolute atomic E-state index is 0.0807. The number of nitrogens with zero attached hydrogens (tertiary/aromatic N) is 4. The zero-order valence-corrected chi connectivity index (χ0v) is 15.9. The molecule has 7 nitrogen and oxygen atoms in total. The molecule has 0 N–H and O–H groups in total. The van der Waals surface area contributed by atoms with E-state index in [1.54, 1.807) is 0 Å². The van der Waals surface area contributed by atoms with E-state index in [1.165, 1.54) is 18.2 Å². The third kappa shape index (κ3) is 3.35. The first-order chi connectivity index (χ1) is 14.1. The van der Waals surface area contributed by atoms with Gasteiger partial charge in [-0.25, -0.2) is 0 Å². The average molecular weight is 407 g/mol. The summed E-state index contributed by atoms with van der Waals surface area (Å²) in [6, 6.07) is 18.3. The lowest BCUT2D eigenvalue weighted by molar-refractivity contribution is -0.384. The Labute approximate surface area is 170 Å². The van der Waals surface area contributed by atoms with Crippen molar-refractivity contribution in [3.63, 3.8) is 0 Å². The van der Waals surface area contributed by atoms with Crippen molar-refractivity contribution >= 4 is 50.5 Å². The number of fused-ring (bicyclic) bond motifs is 3. The summed E-state index contributed by atoms with van der Waals surface area (Å²) in [6.07, 6.45) is 0.276. The van der Waals surface area contributed by atoms with E-state index in [2.05, 4.69) is 26.9 Å². The molecule has 1 fully saturated rings. The molecule has 1 aliphatic rings. The van der Waals surface area contributed by atoms with Crippen molar-refractivity contribution in [1.29, 1.82) is 0 Å². The van der Waals surface area contributed by atoms with E-state index in [-0.39, 0.29) is 16.8 Å². The summed E-state index contributed by atoms with van der Waals surface area (Å²) in [7, 11) is 0. The normalized spacial score (nSPS) is 16.1. The monoisotopic (exact) mass is 406 g/mol. The smallest absolute Gasteiger partial charge is 0.271 e. The van der Waals surface area contributed by atoms with Gasteiger partial charge < -0.3 is 9.30 Å². The van der Waals surface area contributed by atoms with Crippen LogP contribution in [0.2, 0.25) is 5.02 Å². The van der Waals surface area contributed by atoms with Gasteiger partial charge in [0.1, 0.15) is 5.69 Å². The number of ether oxygens (including phenoxy) is 1. The van der Waals surface area contributed by atoms with Crippen LogP contribution in [0.25, 0.3) is 21.8 Å². The van der Waals surface area contributed by atoms with Crippen molar-refractivity contribution in [3.05, 3.63) is 75.8 Å². The Morgan fingerprint density at radius 3 is 2.62 bits per heavy atom. The van der Waals surface area contributed by atoms with Gasteiger partial charge in [-0.1, -0.05) is 29.8 Å². The molecule has 29 heavy (non-hydrogen) atoms. The number of hydrogen-bond acceptors (Lipinski definition) is 5. The minimum atomic E-state index is -0.497. The summed E-state index contributed by atoms with van der Waals surface area (Å²) in [5, 5.41) is 21.7. The van der Waals surface area contributed by atoms with Gasteiger partial charge in [0.15, 0.2) is 0 Å². The number of epoxide rings is 1. The van der Waals surface area contributed by atoms with Crippen LogP contribution in [-0.4, -0.2) is 22.2 Å². The second kappa shape index (κ2) is 6.95. The van der Waals surface area contributed by atoms with Crippen LogP contribution in [0.4, 0.5) is 17.1 Å². The van der Waals surface area contributed by atoms with E-state index in [1.807, 2.05) is 30.3 Å². The highest BCUT2D eigenvalue weighted by atomic mass is 35.5. The van der Waals surface area contributed by atoms with Crippen LogP contribution in [0.5, 0.6) is 0 Å². The number of hydrogen-bond donors (Lipinski definition) is 0. The topological polar surface area (TPSA) is 85.3 Å². The SMILES string of the molecule is O=[N+]([O-])c1ccc(N=Nc2ccc3c(c2)c2ccccc2n3CC2CO2)c(Cl)c1. The van der Waals surface area contributed by atoms with Gasteiger partial charge in [-0.05, 0) is 30.3 Å². The quantitative estimate of drug-likeness (QED) is 0.172. The van der Waals surface area contributed by atoms with Crippen LogP contribution in [0.15, 0.2) is 70.9 Å². The molecule has 3 aromatic carbocycles. The van der Waals surface area contributed by atoms with Crippen LogP contribution in [-0.2, 0) is 11.3 Å². The van der Waals surface area contributed by atoms with E-state index < -0.39 is 4.92 Å². The molecular weight excluding hydrogens is 392 g/mol. The lowest BCUT2D eigenvalue weighted by atomic mass is 10.1. The van der Waals surface area contributed by atoms with Gasteiger partial charge in [-0.2, -0.15) is 5.11 Å². The maximum atomic E-state index is 10.8. The third-order valence-corrected chi connectivity index (χ3v) is 5.26. The van der Waals surface area contributed by atoms with Crippen LogP contribution >= 0.6 is 11.6 Å². The van der Waals surface area contributed by atoms with Crippen molar-refractivity contribution in [2.75, 3.05) is 6.61 Å². The Kier molecular flexibility index (Phi) is 4.26. The molecule has 0 saturated carbocycles. The van der Waals surface area contributed by atoms with Gasteiger partial charge in [-0.3, -0.25) is 10.1 Å². The Balaban J connectivity index is 1.54. The van der Waals surface area contributed by atoms with Gasteiger partial charge in [0, 0.05) is 33.9 Å². The number of benzene rings is 3. The Bertz CT molecular complexity index is 1290. The molecule has 8 heteroatoms. The molecule has 1 atom stereocenters. The Morgan fingerprint density at radius 2 is 1.86 bits per heavy atom. The zero-order valence-electron chi connectivity index (χ0n) is 15.2. The minimum Gasteiger partial charge on any atom is -0.371 e. The predicted octanol–water partition coefficient (Wildman–Crippen LogP) is 6.17. The standard InChI is InChI=1S/C21H15ClN4O3/c22-18-10-14(26(27)28)6-7-19(18)24-23-13-5-8-21-17(9-13)16-3-1-2-4-20(16)25(21)11-15-12-29-15/h1-10,15H,11-12H2. The lowest BCUT2D eigenvalue weighted by Gasteiger charge is -2.04. The highest BCUT2D eigenvalue weighted by molar-refractivity contribution is 6.33. The third-order valence-electron chi connectivity index (χ3n) is 4.96. The van der Waals surface area contributed by atoms with Crippen molar-refractivity contribution in [3.8, 4) is 0 Å². The molecule has 4 aromatic rings. The lowest BCUT2D eigenvalue weighted by Crippen LogP contribution is -2.03. The first-order valence-corrected chi connectivity index (χ1v) is 9.46. The maximum Gasteiger partial charge on any atom is 0.271 e. The van der Waals surface area contributed by atoms with E-state index in [9.17, 15) is 10.1 Å². The molecule has 1 aliphatic heterocycles. The zero-order chi connectivity index (χ0) is 20.0. The van der Waals surface area contributed by atoms with Crippen LogP contribution in [0, 0.1) is 10.1 Å². The number of para-hydroxylation sites is 1. The number of aromatic nitrogens is 1. The molecule has 0 spiro atoms. The van der Waals surface area contributed by atoms with Gasteiger partial charge in [0.25, 0.3) is 5.69 Å². The molecular formula is C21H15ClN4O3. The van der Waals surface area contributed by atoms with Gasteiger partial charge in [0.05, 0.1) is 34.9 Å². The van der Waals surface area contributed by atoms with Crippen LogP contribution < -0.4 is 0 Å². The summed E-state index contributed by atoms with van der Waals surface area (Å²) in [5.41, 5.74) is 3.26. The maximum absolute atomic E-state index is 10.8. The average Bonchev–Trinajstić information content (AvgIpc) is 3.50. The molecule has 0 amide bonds. The summed E-state index contributed by atoms with van der Waals surface area (Å²) in [6.45, 7) is 1.62. The van der Waals surface area contributed by atoms with Crippen molar-refractivity contribution in [2.24, 2.45) is 10.2 Å². The molecule has 144 valence electrons. The van der Waals surface area contributed by atoms with E-state index in [0.29, 0.717) is 11.4 Å². The van der Waals surface area contributed by atoms with E-state index in [0.717, 1.165) is 35.0 Å². The Morgan fingerprint density at radius 1 is 1.07 bits per heavy atom. The van der Waals surface area contributed by atoms with Crippen LogP contribution in [0.3, 0.4) is 0 Å².